The average molecular weight is 505 g/mol. The van der Waals surface area contributed by atoms with Gasteiger partial charge in [0, 0.05) is 17.4 Å². The van der Waals surface area contributed by atoms with Crippen molar-refractivity contribution >= 4 is 26.5 Å². The molecule has 4 rings (SSSR count). The molecule has 182 valence electrons. The third-order valence-electron chi connectivity index (χ3n) is 5.18. The summed E-state index contributed by atoms with van der Waals surface area (Å²) in [4.78, 5) is 27.9. The summed E-state index contributed by atoms with van der Waals surface area (Å²) in [5, 5.41) is 1.27. The summed E-state index contributed by atoms with van der Waals surface area (Å²) < 4.78 is 72.3. The highest BCUT2D eigenvalue weighted by molar-refractivity contribution is 7.92. The van der Waals surface area contributed by atoms with Crippen LogP contribution in [-0.4, -0.2) is 31.8 Å². The molecule has 3 N–H and O–H groups in total. The topological polar surface area (TPSA) is 121 Å². The molecule has 0 spiro atoms. The Labute approximate surface area is 196 Å². The number of ether oxygens (including phenoxy) is 1. The standard InChI is InChI=1S/C23H18F3N3O5S/c1-34-20-17(14-4-3-13-8-16(29-35(2,32)33)6-5-12(13)7-14)9-15(10-19(20)23(24,25)26)18-11-27-22(31)28-21(18)30/h3-11,29H,1-2H3,(H2,27,28,30,31). The third kappa shape index (κ3) is 5.06. The number of H-pyrrole nitrogens is 2. The van der Waals surface area contributed by atoms with Gasteiger partial charge in [-0.1, -0.05) is 18.2 Å². The molecule has 0 fully saturated rings. The fourth-order valence-electron chi connectivity index (χ4n) is 3.74. The second kappa shape index (κ2) is 8.62. The van der Waals surface area contributed by atoms with E-state index in [9.17, 15) is 31.2 Å². The lowest BCUT2D eigenvalue weighted by molar-refractivity contribution is -0.138. The van der Waals surface area contributed by atoms with Crippen molar-refractivity contribution in [1.82, 2.24) is 9.97 Å². The van der Waals surface area contributed by atoms with E-state index in [1.165, 1.54) is 12.1 Å². The molecule has 4 aromatic rings. The number of alkyl halides is 3. The van der Waals surface area contributed by atoms with Crippen LogP contribution in [0.1, 0.15) is 5.56 Å². The molecule has 8 nitrogen and oxygen atoms in total. The Morgan fingerprint density at radius 3 is 2.23 bits per heavy atom. The van der Waals surface area contributed by atoms with Crippen LogP contribution in [0.4, 0.5) is 18.9 Å². The normalized spacial score (nSPS) is 12.0. The summed E-state index contributed by atoms with van der Waals surface area (Å²) in [5.74, 6) is -0.434. The first-order chi connectivity index (χ1) is 16.4. The number of aromatic amines is 2. The van der Waals surface area contributed by atoms with Crippen molar-refractivity contribution in [3.63, 3.8) is 0 Å². The first kappa shape index (κ1) is 24.1. The van der Waals surface area contributed by atoms with Gasteiger partial charge in [0.05, 0.1) is 24.5 Å². The van der Waals surface area contributed by atoms with Gasteiger partial charge >= 0.3 is 11.9 Å². The van der Waals surface area contributed by atoms with Crippen molar-refractivity contribution in [3.05, 3.63) is 81.1 Å². The number of fused-ring (bicyclic) bond motifs is 1. The summed E-state index contributed by atoms with van der Waals surface area (Å²) in [5.41, 5.74) is -2.18. The molecule has 35 heavy (non-hydrogen) atoms. The highest BCUT2D eigenvalue weighted by atomic mass is 32.2. The minimum Gasteiger partial charge on any atom is -0.495 e. The fraction of sp³-hybridized carbons (Fsp3) is 0.130. The number of hydrogen-bond donors (Lipinski definition) is 3. The van der Waals surface area contributed by atoms with Crippen LogP contribution in [0.25, 0.3) is 33.0 Å². The lowest BCUT2D eigenvalue weighted by atomic mass is 9.94. The number of benzene rings is 3. The molecule has 0 radical (unpaired) electrons. The molecule has 0 aliphatic heterocycles. The molecule has 0 bridgehead atoms. The molecule has 0 amide bonds. The zero-order chi connectivity index (χ0) is 25.5. The van der Waals surface area contributed by atoms with Gasteiger partial charge in [0.1, 0.15) is 5.75 Å². The second-order valence-corrected chi connectivity index (χ2v) is 9.49. The molecule has 12 heteroatoms. The van der Waals surface area contributed by atoms with E-state index >= 15 is 0 Å². The number of rotatable bonds is 5. The highest BCUT2D eigenvalue weighted by Gasteiger charge is 2.36. The maximum atomic E-state index is 13.9. The van der Waals surface area contributed by atoms with E-state index in [4.69, 9.17) is 4.74 Å². The molecule has 0 saturated carbocycles. The summed E-state index contributed by atoms with van der Waals surface area (Å²) in [6, 6.07) is 11.7. The van der Waals surface area contributed by atoms with Crippen LogP contribution in [-0.2, 0) is 16.2 Å². The van der Waals surface area contributed by atoms with E-state index in [-0.39, 0.29) is 16.7 Å². The van der Waals surface area contributed by atoms with E-state index < -0.39 is 38.8 Å². The summed E-state index contributed by atoms with van der Waals surface area (Å²) >= 11 is 0. The zero-order valence-electron chi connectivity index (χ0n) is 18.3. The lowest BCUT2D eigenvalue weighted by Gasteiger charge is -2.18. The molecule has 1 heterocycles. The van der Waals surface area contributed by atoms with Crippen LogP contribution in [0, 0.1) is 0 Å². The molecule has 0 aliphatic carbocycles. The van der Waals surface area contributed by atoms with Crippen molar-refractivity contribution in [2.75, 3.05) is 18.1 Å². The Balaban J connectivity index is 1.94. The molecule has 0 unspecified atom stereocenters. The van der Waals surface area contributed by atoms with Gasteiger partial charge in [-0.25, -0.2) is 13.2 Å². The van der Waals surface area contributed by atoms with Crippen molar-refractivity contribution in [2.24, 2.45) is 0 Å². The van der Waals surface area contributed by atoms with Gasteiger partial charge in [0.15, 0.2) is 0 Å². The van der Waals surface area contributed by atoms with Gasteiger partial charge in [-0.15, -0.1) is 0 Å². The number of methoxy groups -OCH3 is 1. The predicted molar refractivity (Wildman–Crippen MR) is 126 cm³/mol. The van der Waals surface area contributed by atoms with E-state index in [0.29, 0.717) is 22.0 Å². The number of aromatic nitrogens is 2. The van der Waals surface area contributed by atoms with Crippen LogP contribution >= 0.6 is 0 Å². The van der Waals surface area contributed by atoms with Crippen LogP contribution < -0.4 is 20.7 Å². The monoisotopic (exact) mass is 505 g/mol. The largest absolute Gasteiger partial charge is 0.495 e. The number of hydrogen-bond acceptors (Lipinski definition) is 5. The molecule has 0 saturated heterocycles. The molecular weight excluding hydrogens is 487 g/mol. The first-order valence-electron chi connectivity index (χ1n) is 9.99. The number of halogens is 3. The number of sulfonamides is 1. The van der Waals surface area contributed by atoms with Gasteiger partial charge in [-0.2, -0.15) is 13.2 Å². The summed E-state index contributed by atoms with van der Waals surface area (Å²) in [7, 11) is -2.37. The zero-order valence-corrected chi connectivity index (χ0v) is 19.1. The maximum absolute atomic E-state index is 13.9. The number of nitrogens with one attached hydrogen (secondary N) is 3. The lowest BCUT2D eigenvalue weighted by Crippen LogP contribution is -2.22. The predicted octanol–water partition coefficient (Wildman–Crippen LogP) is 3.95. The molecule has 1 aromatic heterocycles. The Morgan fingerprint density at radius 1 is 0.914 bits per heavy atom. The average Bonchev–Trinajstić information content (AvgIpc) is 2.76. The van der Waals surface area contributed by atoms with Gasteiger partial charge in [0.25, 0.3) is 5.56 Å². The van der Waals surface area contributed by atoms with Crippen molar-refractivity contribution in [2.45, 2.75) is 6.18 Å². The van der Waals surface area contributed by atoms with Crippen LogP contribution in [0.15, 0.2) is 64.3 Å². The summed E-state index contributed by atoms with van der Waals surface area (Å²) in [6.07, 6.45) is -2.73. The smallest absolute Gasteiger partial charge is 0.420 e. The Morgan fingerprint density at radius 2 is 1.60 bits per heavy atom. The van der Waals surface area contributed by atoms with Crippen LogP contribution in [0.2, 0.25) is 0 Å². The van der Waals surface area contributed by atoms with E-state index in [1.807, 2.05) is 4.98 Å². The van der Waals surface area contributed by atoms with E-state index in [0.717, 1.165) is 25.6 Å². The van der Waals surface area contributed by atoms with Crippen molar-refractivity contribution in [1.29, 1.82) is 0 Å². The van der Waals surface area contributed by atoms with Crippen molar-refractivity contribution < 1.29 is 26.3 Å². The molecule has 3 aromatic carbocycles. The quantitative estimate of drug-likeness (QED) is 0.379. The molecule has 0 aliphatic rings. The van der Waals surface area contributed by atoms with Crippen molar-refractivity contribution in [3.8, 4) is 28.0 Å². The van der Waals surface area contributed by atoms with Gasteiger partial charge < -0.3 is 9.72 Å². The fourth-order valence-corrected chi connectivity index (χ4v) is 4.30. The minimum absolute atomic E-state index is 0.0709. The minimum atomic E-state index is -4.80. The first-order valence-corrected chi connectivity index (χ1v) is 11.9. The SMILES string of the molecule is COc1c(-c2ccc3cc(NS(C)(=O)=O)ccc3c2)cc(-c2c[nH]c(=O)[nH]c2=O)cc1C(F)(F)F. The Kier molecular flexibility index (Phi) is 5.93. The van der Waals surface area contributed by atoms with Gasteiger partial charge in [0.2, 0.25) is 10.0 Å². The van der Waals surface area contributed by atoms with E-state index in [1.54, 1.807) is 30.3 Å². The second-order valence-electron chi connectivity index (χ2n) is 7.74. The van der Waals surface area contributed by atoms with Crippen LogP contribution in [0.5, 0.6) is 5.75 Å². The van der Waals surface area contributed by atoms with Gasteiger partial charge in [-0.05, 0) is 52.2 Å². The highest BCUT2D eigenvalue weighted by Crippen LogP contribution is 2.44. The third-order valence-corrected chi connectivity index (χ3v) is 5.79. The Hall–Kier alpha value is -4.06. The maximum Gasteiger partial charge on any atom is 0.420 e. The van der Waals surface area contributed by atoms with Gasteiger partial charge in [-0.3, -0.25) is 14.5 Å². The number of anilines is 1. The molecule has 0 atom stereocenters. The molecular formula is C23H18F3N3O5S. The Bertz CT molecular complexity index is 1670. The summed E-state index contributed by atoms with van der Waals surface area (Å²) in [6.45, 7) is 0. The van der Waals surface area contributed by atoms with Crippen LogP contribution in [0.3, 0.4) is 0 Å². The van der Waals surface area contributed by atoms with E-state index in [2.05, 4.69) is 9.71 Å².